The summed E-state index contributed by atoms with van der Waals surface area (Å²) in [5.41, 5.74) is 5.16. The summed E-state index contributed by atoms with van der Waals surface area (Å²) >= 11 is 0. The second kappa shape index (κ2) is 5.88. The Morgan fingerprint density at radius 3 is 2.53 bits per heavy atom. The monoisotopic (exact) mass is 300 g/mol. The van der Waals surface area contributed by atoms with Gasteiger partial charge >= 0.3 is 6.18 Å². The predicted molar refractivity (Wildman–Crippen MR) is 61.8 cm³/mol. The molecule has 0 saturated heterocycles. The van der Waals surface area contributed by atoms with Crippen LogP contribution in [0, 0.1) is 0 Å². The molecule has 0 atom stereocenters. The summed E-state index contributed by atoms with van der Waals surface area (Å²) < 4.78 is 62.9. The fraction of sp³-hybridized carbons (Fsp3) is 0.667. The van der Waals surface area contributed by atoms with Gasteiger partial charge in [-0.3, -0.25) is 0 Å². The molecule has 1 aromatic heterocycles. The molecule has 10 heteroatoms. The Balaban J connectivity index is 3.05. The van der Waals surface area contributed by atoms with Crippen LogP contribution in [0.15, 0.2) is 17.6 Å². The third-order valence-corrected chi connectivity index (χ3v) is 4.04. The van der Waals surface area contributed by atoms with E-state index in [9.17, 15) is 21.6 Å². The first-order valence-electron chi connectivity index (χ1n) is 5.49. The molecule has 1 rings (SSSR count). The SMILES string of the molecule is CCn1cnc(S(=O)(=O)N(CCN)CC(F)(F)F)c1. The van der Waals surface area contributed by atoms with E-state index in [1.165, 1.54) is 17.1 Å². The average molecular weight is 300 g/mol. The summed E-state index contributed by atoms with van der Waals surface area (Å²) in [6, 6.07) is 0. The smallest absolute Gasteiger partial charge is 0.336 e. The van der Waals surface area contributed by atoms with Crippen molar-refractivity contribution in [1.82, 2.24) is 13.9 Å². The molecule has 0 radical (unpaired) electrons. The van der Waals surface area contributed by atoms with E-state index < -0.39 is 34.3 Å². The van der Waals surface area contributed by atoms with Crippen LogP contribution in [0.1, 0.15) is 6.92 Å². The minimum Gasteiger partial charge on any atom is -0.336 e. The van der Waals surface area contributed by atoms with Crippen LogP contribution in [0.4, 0.5) is 13.2 Å². The Morgan fingerprint density at radius 2 is 2.11 bits per heavy atom. The standard InChI is InChI=1S/C9H15F3N4O2S/c1-2-15-5-8(14-7-15)19(17,18)16(4-3-13)6-9(10,11)12/h5,7H,2-4,6,13H2,1H3. The Kier molecular flexibility index (Phi) is 4.93. The summed E-state index contributed by atoms with van der Waals surface area (Å²) in [7, 11) is -4.28. The molecule has 0 bridgehead atoms. The van der Waals surface area contributed by atoms with Crippen molar-refractivity contribution in [1.29, 1.82) is 0 Å². The molecule has 0 unspecified atom stereocenters. The minimum atomic E-state index is -4.63. The number of aryl methyl sites for hydroxylation is 1. The van der Waals surface area contributed by atoms with Gasteiger partial charge in [-0.25, -0.2) is 13.4 Å². The number of halogens is 3. The van der Waals surface area contributed by atoms with Gasteiger partial charge in [0.2, 0.25) is 0 Å². The topological polar surface area (TPSA) is 81.2 Å². The Hall–Kier alpha value is -1.13. The largest absolute Gasteiger partial charge is 0.402 e. The van der Waals surface area contributed by atoms with Gasteiger partial charge in [0.1, 0.15) is 6.54 Å². The molecule has 0 fully saturated rings. The third kappa shape index (κ3) is 4.18. The maximum Gasteiger partial charge on any atom is 0.402 e. The molecule has 0 aliphatic heterocycles. The molecule has 0 aliphatic carbocycles. The van der Waals surface area contributed by atoms with Gasteiger partial charge in [-0.1, -0.05) is 0 Å². The lowest BCUT2D eigenvalue weighted by atomic mass is 10.5. The van der Waals surface area contributed by atoms with Crippen LogP contribution in [0.2, 0.25) is 0 Å². The van der Waals surface area contributed by atoms with E-state index in [0.29, 0.717) is 6.54 Å². The van der Waals surface area contributed by atoms with Crippen molar-refractivity contribution in [2.45, 2.75) is 24.7 Å². The Bertz CT molecular complexity index is 512. The molecule has 19 heavy (non-hydrogen) atoms. The van der Waals surface area contributed by atoms with Crippen LogP contribution < -0.4 is 5.73 Å². The van der Waals surface area contributed by atoms with Gasteiger partial charge < -0.3 is 10.3 Å². The van der Waals surface area contributed by atoms with Crippen LogP contribution in [-0.4, -0.2) is 48.1 Å². The van der Waals surface area contributed by atoms with E-state index in [-0.39, 0.29) is 10.8 Å². The fourth-order valence-corrected chi connectivity index (χ4v) is 2.78. The fourth-order valence-electron chi connectivity index (χ4n) is 1.41. The number of sulfonamides is 1. The number of alkyl halides is 3. The number of hydrogen-bond donors (Lipinski definition) is 1. The van der Waals surface area contributed by atoms with Crippen LogP contribution in [0.3, 0.4) is 0 Å². The normalized spacial score (nSPS) is 13.2. The lowest BCUT2D eigenvalue weighted by Gasteiger charge is -2.21. The Labute approximate surface area is 109 Å². The molecule has 1 aromatic rings. The lowest BCUT2D eigenvalue weighted by molar-refractivity contribution is -0.136. The van der Waals surface area contributed by atoms with Crippen molar-refractivity contribution in [2.75, 3.05) is 19.6 Å². The van der Waals surface area contributed by atoms with E-state index in [1.807, 2.05) is 0 Å². The van der Waals surface area contributed by atoms with Crippen molar-refractivity contribution >= 4 is 10.0 Å². The molecule has 0 aromatic carbocycles. The first-order valence-corrected chi connectivity index (χ1v) is 6.93. The summed E-state index contributed by atoms with van der Waals surface area (Å²) in [4.78, 5) is 3.62. The van der Waals surface area contributed by atoms with Gasteiger partial charge in [-0.05, 0) is 6.92 Å². The van der Waals surface area contributed by atoms with Gasteiger partial charge in [0.25, 0.3) is 10.0 Å². The minimum absolute atomic E-state index is 0.205. The highest BCUT2D eigenvalue weighted by atomic mass is 32.2. The molecule has 1 heterocycles. The molecule has 6 nitrogen and oxygen atoms in total. The zero-order valence-electron chi connectivity index (χ0n) is 10.3. The summed E-state index contributed by atoms with van der Waals surface area (Å²) in [6.45, 7) is 0.0280. The molecule has 2 N–H and O–H groups in total. The highest BCUT2D eigenvalue weighted by Gasteiger charge is 2.37. The number of aromatic nitrogens is 2. The van der Waals surface area contributed by atoms with Crippen molar-refractivity contribution in [3.8, 4) is 0 Å². The molecular formula is C9H15F3N4O2S. The summed E-state index contributed by atoms with van der Waals surface area (Å²) in [5, 5.41) is -0.410. The number of nitrogens with two attached hydrogens (primary N) is 1. The van der Waals surface area contributed by atoms with E-state index in [2.05, 4.69) is 4.98 Å². The molecule has 0 spiro atoms. The summed E-state index contributed by atoms with van der Waals surface area (Å²) in [5.74, 6) is 0. The number of imidazole rings is 1. The highest BCUT2D eigenvalue weighted by molar-refractivity contribution is 7.89. The van der Waals surface area contributed by atoms with E-state index in [4.69, 9.17) is 5.73 Å². The average Bonchev–Trinajstić information content (AvgIpc) is 2.75. The number of rotatable bonds is 6. The predicted octanol–water partition coefficient (Wildman–Crippen LogP) is 0.415. The zero-order chi connectivity index (χ0) is 14.7. The van der Waals surface area contributed by atoms with Gasteiger partial charge in [0.05, 0.1) is 6.33 Å². The second-order valence-corrected chi connectivity index (χ2v) is 5.67. The number of nitrogens with zero attached hydrogens (tertiary/aromatic N) is 3. The molecule has 110 valence electrons. The lowest BCUT2D eigenvalue weighted by Crippen LogP contribution is -2.41. The van der Waals surface area contributed by atoms with Crippen molar-refractivity contribution in [3.63, 3.8) is 0 Å². The second-order valence-electron chi connectivity index (χ2n) is 3.78. The van der Waals surface area contributed by atoms with Crippen LogP contribution in [-0.2, 0) is 16.6 Å². The van der Waals surface area contributed by atoms with Gasteiger partial charge in [-0.2, -0.15) is 17.5 Å². The van der Waals surface area contributed by atoms with E-state index in [1.54, 1.807) is 6.92 Å². The first kappa shape index (κ1) is 15.9. The van der Waals surface area contributed by atoms with Gasteiger partial charge in [0.15, 0.2) is 5.03 Å². The first-order chi connectivity index (χ1) is 8.70. The highest BCUT2D eigenvalue weighted by Crippen LogP contribution is 2.21. The third-order valence-electron chi connectivity index (χ3n) is 2.31. The maximum atomic E-state index is 12.4. The van der Waals surface area contributed by atoms with Crippen LogP contribution in [0.25, 0.3) is 0 Å². The summed E-state index contributed by atoms with van der Waals surface area (Å²) in [6.07, 6.45) is -2.19. The van der Waals surface area contributed by atoms with E-state index in [0.717, 1.165) is 0 Å². The zero-order valence-corrected chi connectivity index (χ0v) is 11.1. The molecule has 0 amide bonds. The maximum absolute atomic E-state index is 12.4. The molecular weight excluding hydrogens is 285 g/mol. The Morgan fingerprint density at radius 1 is 1.47 bits per heavy atom. The van der Waals surface area contributed by atoms with Crippen molar-refractivity contribution in [2.24, 2.45) is 5.73 Å². The van der Waals surface area contributed by atoms with Crippen LogP contribution in [0.5, 0.6) is 0 Å². The van der Waals surface area contributed by atoms with E-state index >= 15 is 0 Å². The molecule has 0 saturated carbocycles. The van der Waals surface area contributed by atoms with Crippen molar-refractivity contribution in [3.05, 3.63) is 12.5 Å². The van der Waals surface area contributed by atoms with Gasteiger partial charge in [0, 0.05) is 25.8 Å². The quantitative estimate of drug-likeness (QED) is 0.825. The van der Waals surface area contributed by atoms with Gasteiger partial charge in [-0.15, -0.1) is 0 Å². The molecule has 0 aliphatic rings. The van der Waals surface area contributed by atoms with Crippen molar-refractivity contribution < 1.29 is 21.6 Å². The van der Waals surface area contributed by atoms with Crippen LogP contribution >= 0.6 is 0 Å². The number of hydrogen-bond acceptors (Lipinski definition) is 4.